The second-order valence-corrected chi connectivity index (χ2v) is 9.76. The maximum atomic E-state index is 13.1. The largest absolute Gasteiger partial charge is 0.322 e. The van der Waals surface area contributed by atoms with Gasteiger partial charge in [0.2, 0.25) is 0 Å². The van der Waals surface area contributed by atoms with Crippen LogP contribution < -0.4 is 5.32 Å². The Bertz CT molecular complexity index is 1010. The third-order valence-corrected chi connectivity index (χ3v) is 8.12. The Kier molecular flexibility index (Phi) is 4.58. The molecule has 1 amide bonds. The van der Waals surface area contributed by atoms with Gasteiger partial charge >= 0.3 is 0 Å². The average molecular weight is 393 g/mol. The van der Waals surface area contributed by atoms with Crippen molar-refractivity contribution in [3.8, 4) is 0 Å². The number of rotatable bonds is 4. The number of para-hydroxylation sites is 1. The first-order valence-corrected chi connectivity index (χ1v) is 11.4. The molecule has 5 heteroatoms. The fourth-order valence-electron chi connectivity index (χ4n) is 3.48. The molecule has 1 aliphatic carbocycles. The van der Waals surface area contributed by atoms with Gasteiger partial charge in [-0.1, -0.05) is 30.3 Å². The molecule has 0 spiro atoms. The zero-order chi connectivity index (χ0) is 18.2. The summed E-state index contributed by atoms with van der Waals surface area (Å²) >= 11 is 3.95. The van der Waals surface area contributed by atoms with E-state index < -0.39 is 0 Å². The van der Waals surface area contributed by atoms with E-state index in [1.807, 2.05) is 66.0 Å². The monoisotopic (exact) mass is 392 g/mol. The van der Waals surface area contributed by atoms with E-state index in [9.17, 15) is 4.79 Å². The van der Waals surface area contributed by atoms with E-state index in [-0.39, 0.29) is 5.91 Å². The number of aromatic nitrogens is 1. The maximum Gasteiger partial charge on any atom is 0.256 e. The Hall–Kier alpha value is -1.98. The summed E-state index contributed by atoms with van der Waals surface area (Å²) in [6.45, 7) is 0. The van der Waals surface area contributed by atoms with Crippen molar-refractivity contribution >= 4 is 46.0 Å². The lowest BCUT2D eigenvalue weighted by Gasteiger charge is -2.13. The Morgan fingerprint density at radius 1 is 1.00 bits per heavy atom. The van der Waals surface area contributed by atoms with Crippen LogP contribution in [0.15, 0.2) is 54.6 Å². The van der Waals surface area contributed by atoms with Gasteiger partial charge in [-0.05, 0) is 42.7 Å². The van der Waals surface area contributed by atoms with Gasteiger partial charge in [0.1, 0.15) is 0 Å². The van der Waals surface area contributed by atoms with Gasteiger partial charge < -0.3 is 5.32 Å². The number of carbonyl (C=O) groups is 1. The van der Waals surface area contributed by atoms with Crippen LogP contribution in [-0.2, 0) is 0 Å². The van der Waals surface area contributed by atoms with Crippen LogP contribution >= 0.6 is 23.5 Å². The zero-order valence-electron chi connectivity index (χ0n) is 14.9. The van der Waals surface area contributed by atoms with Crippen molar-refractivity contribution < 1.29 is 4.79 Å². The van der Waals surface area contributed by atoms with E-state index in [0.717, 1.165) is 27.8 Å². The smallest absolute Gasteiger partial charge is 0.256 e. The van der Waals surface area contributed by atoms with E-state index in [2.05, 4.69) is 17.4 Å². The summed E-state index contributed by atoms with van der Waals surface area (Å²) in [6, 6.07) is 18.2. The molecule has 1 N–H and O–H groups in total. The first kappa shape index (κ1) is 17.1. The predicted octanol–water partition coefficient (Wildman–Crippen LogP) is 5.84. The normalized spacial score (nSPS) is 17.3. The molecule has 2 heterocycles. The van der Waals surface area contributed by atoms with Crippen molar-refractivity contribution in [3.05, 3.63) is 71.4 Å². The van der Waals surface area contributed by atoms with Crippen molar-refractivity contribution in [1.29, 1.82) is 0 Å². The molecular formula is C22H20N2OS2. The highest BCUT2D eigenvalue weighted by atomic mass is 32.2. The predicted molar refractivity (Wildman–Crippen MR) is 116 cm³/mol. The molecule has 3 nitrogen and oxygen atoms in total. The summed E-state index contributed by atoms with van der Waals surface area (Å²) in [5, 5.41) is 4.03. The van der Waals surface area contributed by atoms with Gasteiger partial charge in [-0.3, -0.25) is 9.78 Å². The number of benzene rings is 2. The number of nitrogens with one attached hydrogen (secondary N) is 1. The third kappa shape index (κ3) is 3.58. The number of nitrogens with zero attached hydrogens (tertiary/aromatic N) is 1. The Balaban J connectivity index is 1.46. The molecule has 0 unspecified atom stereocenters. The van der Waals surface area contributed by atoms with E-state index in [4.69, 9.17) is 4.98 Å². The minimum Gasteiger partial charge on any atom is -0.322 e. The Morgan fingerprint density at radius 2 is 1.81 bits per heavy atom. The second-order valence-electron chi connectivity index (χ2n) is 7.04. The number of thioether (sulfide) groups is 2. The molecule has 2 fully saturated rings. The third-order valence-electron chi connectivity index (χ3n) is 5.01. The first-order chi connectivity index (χ1) is 13.3. The van der Waals surface area contributed by atoms with E-state index >= 15 is 0 Å². The summed E-state index contributed by atoms with van der Waals surface area (Å²) < 4.78 is 0.477. The summed E-state index contributed by atoms with van der Waals surface area (Å²) in [4.78, 5) is 17.9. The molecule has 2 aromatic carbocycles. The SMILES string of the molecule is O=C(Nc1cccc(C2SCCS2)c1)c1cc(C2CC2)nc2ccccc12. The molecule has 1 aromatic heterocycles. The Labute approximate surface area is 167 Å². The van der Waals surface area contributed by atoms with Crippen molar-refractivity contribution in [1.82, 2.24) is 4.98 Å². The van der Waals surface area contributed by atoms with Crippen LogP contribution in [0.4, 0.5) is 5.69 Å². The van der Waals surface area contributed by atoms with Gasteiger partial charge in [0.05, 0.1) is 15.7 Å². The molecule has 1 aliphatic heterocycles. The molecule has 0 radical (unpaired) electrons. The molecule has 3 aromatic rings. The van der Waals surface area contributed by atoms with Crippen LogP contribution in [0.3, 0.4) is 0 Å². The van der Waals surface area contributed by atoms with Gasteiger partial charge in [-0.2, -0.15) is 0 Å². The van der Waals surface area contributed by atoms with E-state index in [1.54, 1.807) is 0 Å². The minimum atomic E-state index is -0.0561. The van der Waals surface area contributed by atoms with Crippen molar-refractivity contribution in [2.45, 2.75) is 23.3 Å². The fraction of sp³-hybridized carbons (Fsp3) is 0.273. The number of pyridine rings is 1. The molecule has 5 rings (SSSR count). The van der Waals surface area contributed by atoms with Crippen LogP contribution in [0.2, 0.25) is 0 Å². The highest BCUT2D eigenvalue weighted by Gasteiger charge is 2.27. The van der Waals surface area contributed by atoms with E-state index in [1.165, 1.54) is 29.9 Å². The van der Waals surface area contributed by atoms with Crippen molar-refractivity contribution in [3.63, 3.8) is 0 Å². The zero-order valence-corrected chi connectivity index (χ0v) is 16.5. The van der Waals surface area contributed by atoms with Crippen LogP contribution in [0.1, 0.15) is 45.0 Å². The Morgan fingerprint density at radius 3 is 2.63 bits per heavy atom. The van der Waals surface area contributed by atoms with Crippen LogP contribution in [0, 0.1) is 0 Å². The lowest BCUT2D eigenvalue weighted by Crippen LogP contribution is -2.13. The molecule has 2 aliphatic rings. The number of hydrogen-bond donors (Lipinski definition) is 1. The lowest BCUT2D eigenvalue weighted by molar-refractivity contribution is 0.102. The van der Waals surface area contributed by atoms with Crippen molar-refractivity contribution in [2.75, 3.05) is 16.8 Å². The van der Waals surface area contributed by atoms with Crippen LogP contribution in [-0.4, -0.2) is 22.4 Å². The molecule has 1 saturated heterocycles. The maximum absolute atomic E-state index is 13.1. The quantitative estimate of drug-likeness (QED) is 0.605. The molecule has 136 valence electrons. The topological polar surface area (TPSA) is 42.0 Å². The minimum absolute atomic E-state index is 0.0561. The molecule has 1 saturated carbocycles. The summed E-state index contributed by atoms with van der Waals surface area (Å²) in [7, 11) is 0. The highest BCUT2D eigenvalue weighted by Crippen LogP contribution is 2.45. The van der Waals surface area contributed by atoms with E-state index in [0.29, 0.717) is 10.5 Å². The van der Waals surface area contributed by atoms with Gasteiger partial charge in [0.15, 0.2) is 0 Å². The summed E-state index contributed by atoms with van der Waals surface area (Å²) in [6.07, 6.45) is 2.34. The summed E-state index contributed by atoms with van der Waals surface area (Å²) in [5.41, 5.74) is 4.81. The number of carbonyl (C=O) groups excluding carboxylic acids is 1. The molecule has 0 atom stereocenters. The van der Waals surface area contributed by atoms with Crippen LogP contribution in [0.25, 0.3) is 10.9 Å². The van der Waals surface area contributed by atoms with Crippen molar-refractivity contribution in [2.24, 2.45) is 0 Å². The number of anilines is 1. The average Bonchev–Trinajstić information content (AvgIpc) is 3.41. The standard InChI is InChI=1S/C22H20N2OS2/c25-21(23-16-5-3-4-15(12-16)22-26-10-11-27-22)18-13-20(14-8-9-14)24-19-7-2-1-6-17(18)19/h1-7,12-14,22H,8-11H2,(H,23,25). The first-order valence-electron chi connectivity index (χ1n) is 9.32. The van der Waals surface area contributed by atoms with Crippen LogP contribution in [0.5, 0.6) is 0 Å². The molecular weight excluding hydrogens is 372 g/mol. The number of amides is 1. The van der Waals surface area contributed by atoms with Gasteiger partial charge in [0, 0.05) is 34.2 Å². The molecule has 27 heavy (non-hydrogen) atoms. The molecule has 0 bridgehead atoms. The van der Waals surface area contributed by atoms with Gasteiger partial charge in [-0.25, -0.2) is 0 Å². The van der Waals surface area contributed by atoms with Gasteiger partial charge in [-0.15, -0.1) is 23.5 Å². The lowest BCUT2D eigenvalue weighted by atomic mass is 10.1. The summed E-state index contributed by atoms with van der Waals surface area (Å²) in [5.74, 6) is 2.85. The highest BCUT2D eigenvalue weighted by molar-refractivity contribution is 8.19. The fourth-order valence-corrected chi connectivity index (χ4v) is 6.32. The van der Waals surface area contributed by atoms with Gasteiger partial charge in [0.25, 0.3) is 5.91 Å². The second kappa shape index (κ2) is 7.21. The number of hydrogen-bond acceptors (Lipinski definition) is 4. The number of fused-ring (bicyclic) bond motifs is 1.